The van der Waals surface area contributed by atoms with Gasteiger partial charge >= 0.3 is 0 Å². The van der Waals surface area contributed by atoms with Gasteiger partial charge in [-0.3, -0.25) is 27.8 Å². The smallest absolute Gasteiger partial charge is 0.280 e. The van der Waals surface area contributed by atoms with Gasteiger partial charge in [-0.1, -0.05) is 6.08 Å². The van der Waals surface area contributed by atoms with E-state index < -0.39 is 54.1 Å². The van der Waals surface area contributed by atoms with Crippen molar-refractivity contribution in [1.29, 1.82) is 0 Å². The van der Waals surface area contributed by atoms with Crippen LogP contribution in [0.2, 0.25) is 0 Å². The highest BCUT2D eigenvalue weighted by atomic mass is 31.3. The topological polar surface area (TPSA) is 279 Å². The zero-order valence-electron chi connectivity index (χ0n) is 16.8. The second-order valence-electron chi connectivity index (χ2n) is 6.60. The van der Waals surface area contributed by atoms with Crippen LogP contribution in [0.1, 0.15) is 12.6 Å². The molecule has 0 bridgehead atoms. The zero-order valence-corrected chi connectivity index (χ0v) is 19.5. The summed E-state index contributed by atoms with van der Waals surface area (Å²) in [5, 5.41) is 0. The van der Waals surface area contributed by atoms with Crippen LogP contribution in [-0.4, -0.2) is 44.9 Å². The van der Waals surface area contributed by atoms with Crippen LogP contribution >= 0.6 is 23.5 Å². The van der Waals surface area contributed by atoms with Gasteiger partial charge in [0.1, 0.15) is 12.3 Å². The molecular weight excluding hydrogens is 527 g/mol. The monoisotopic (exact) mass is 543 g/mol. The average Bonchev–Trinajstić information content (AvgIpc) is 3.25. The van der Waals surface area contributed by atoms with Crippen molar-refractivity contribution in [2.24, 2.45) is 0 Å². The van der Waals surface area contributed by atoms with E-state index in [1.807, 2.05) is 0 Å². The molecule has 21 heteroatoms. The van der Waals surface area contributed by atoms with Crippen molar-refractivity contribution < 1.29 is 55.9 Å². The molecule has 3 rings (SSSR count). The lowest BCUT2D eigenvalue weighted by atomic mass is 10.2. The summed E-state index contributed by atoms with van der Waals surface area (Å²) >= 11 is 0. The van der Waals surface area contributed by atoms with Gasteiger partial charge in [-0.2, -0.15) is 4.98 Å². The predicted octanol–water partition coefficient (Wildman–Crippen LogP) is -2.62. The maximum absolute atomic E-state index is 12.0. The van der Waals surface area contributed by atoms with E-state index in [4.69, 9.17) is 15.2 Å². The Labute approximate surface area is 189 Å². The SMILES string of the molecule is C=CCO[C@@H]1C[C@H](n2cnc3c(=O)[nH]c(N)nc32)O[C@@H]1COP(=O)([O-])OP(=O)([O-])OP(=O)([O-])[O-]. The summed E-state index contributed by atoms with van der Waals surface area (Å²) in [5.74, 6) is -0.189. The molecule has 3 heterocycles. The molecule has 0 radical (unpaired) electrons. The fourth-order valence-electron chi connectivity index (χ4n) is 2.99. The summed E-state index contributed by atoms with van der Waals surface area (Å²) in [6.07, 6.45) is -0.166. The van der Waals surface area contributed by atoms with Crippen molar-refractivity contribution in [1.82, 2.24) is 19.5 Å². The predicted molar refractivity (Wildman–Crippen MR) is 102 cm³/mol. The molecule has 190 valence electrons. The number of anilines is 1. The number of H-pyrrole nitrogens is 1. The van der Waals surface area contributed by atoms with Crippen LogP contribution in [0.15, 0.2) is 23.8 Å². The molecule has 3 N–H and O–H groups in total. The molecule has 1 fully saturated rings. The molecule has 2 aromatic heterocycles. The van der Waals surface area contributed by atoms with Crippen molar-refractivity contribution >= 4 is 40.6 Å². The number of hydrogen-bond donors (Lipinski definition) is 2. The highest BCUT2D eigenvalue weighted by Gasteiger charge is 2.39. The van der Waals surface area contributed by atoms with Crippen LogP contribution in [0.25, 0.3) is 11.2 Å². The maximum Gasteiger partial charge on any atom is 0.280 e. The highest BCUT2D eigenvalue weighted by Crippen LogP contribution is 2.60. The second kappa shape index (κ2) is 10.1. The Hall–Kier alpha value is -1.78. The number of aromatic nitrogens is 4. The molecule has 2 unspecified atom stereocenters. The van der Waals surface area contributed by atoms with Crippen molar-refractivity contribution in [3.05, 3.63) is 29.3 Å². The molecule has 2 aromatic rings. The van der Waals surface area contributed by atoms with Crippen LogP contribution in [0, 0.1) is 0 Å². The summed E-state index contributed by atoms with van der Waals surface area (Å²) in [5.41, 5.74) is 4.98. The minimum atomic E-state index is -6.12. The van der Waals surface area contributed by atoms with Gasteiger partial charge in [0, 0.05) is 6.42 Å². The summed E-state index contributed by atoms with van der Waals surface area (Å²) in [6, 6.07) is 0. The Morgan fingerprint density at radius 2 is 1.97 bits per heavy atom. The molecule has 5 atom stereocenters. The lowest BCUT2D eigenvalue weighted by Gasteiger charge is -2.37. The third-order valence-electron chi connectivity index (χ3n) is 4.17. The number of phosphoric ester groups is 1. The van der Waals surface area contributed by atoms with Crippen molar-refractivity contribution in [2.75, 3.05) is 18.9 Å². The first-order valence-corrected chi connectivity index (χ1v) is 13.4. The summed E-state index contributed by atoms with van der Waals surface area (Å²) in [4.78, 5) is 66.1. The number of phosphoric acid groups is 3. The number of ether oxygens (including phenoxy) is 2. The highest BCUT2D eigenvalue weighted by molar-refractivity contribution is 7.64. The molecule has 1 aliphatic heterocycles. The van der Waals surface area contributed by atoms with Gasteiger partial charge in [0.15, 0.2) is 11.2 Å². The molecular formula is C13H16N5O13P3-4. The normalized spacial score (nSPS) is 24.6. The Kier molecular flexibility index (Phi) is 7.94. The number of fused-ring (bicyclic) bond motifs is 1. The van der Waals surface area contributed by atoms with E-state index in [0.717, 1.165) is 0 Å². The van der Waals surface area contributed by atoms with Crippen LogP contribution in [-0.2, 0) is 36.3 Å². The van der Waals surface area contributed by atoms with Gasteiger partial charge in [-0.05, 0) is 0 Å². The number of nitrogens with two attached hydrogens (primary N) is 1. The van der Waals surface area contributed by atoms with Gasteiger partial charge in [-0.25, -0.2) is 9.29 Å². The van der Waals surface area contributed by atoms with Crippen LogP contribution in [0.5, 0.6) is 0 Å². The Bertz CT molecular complexity index is 1260. The van der Waals surface area contributed by atoms with Gasteiger partial charge in [-0.15, -0.1) is 6.58 Å². The van der Waals surface area contributed by atoms with Crippen molar-refractivity contribution in [3.8, 4) is 0 Å². The number of nitrogen functional groups attached to an aromatic ring is 1. The van der Waals surface area contributed by atoms with E-state index in [1.165, 1.54) is 17.0 Å². The zero-order chi connectivity index (χ0) is 25.3. The summed E-state index contributed by atoms with van der Waals surface area (Å²) in [7, 11) is -18.0. The minimum absolute atomic E-state index is 0.0181. The molecule has 34 heavy (non-hydrogen) atoms. The number of imidazole rings is 1. The van der Waals surface area contributed by atoms with Crippen molar-refractivity contribution in [2.45, 2.75) is 24.9 Å². The molecule has 0 amide bonds. The third kappa shape index (κ3) is 6.88. The van der Waals surface area contributed by atoms with Crippen LogP contribution in [0.4, 0.5) is 5.95 Å². The van der Waals surface area contributed by atoms with E-state index in [0.29, 0.717) is 0 Å². The summed E-state index contributed by atoms with van der Waals surface area (Å²) < 4.78 is 57.2. The number of nitrogens with one attached hydrogen (secondary N) is 1. The maximum atomic E-state index is 12.0. The number of rotatable bonds is 11. The first kappa shape index (κ1) is 26.8. The first-order chi connectivity index (χ1) is 15.7. The Balaban J connectivity index is 1.75. The van der Waals surface area contributed by atoms with Gasteiger partial charge < -0.3 is 43.9 Å². The fraction of sp³-hybridized carbons (Fsp3) is 0.462. The van der Waals surface area contributed by atoms with Crippen LogP contribution in [0.3, 0.4) is 0 Å². The Morgan fingerprint density at radius 1 is 1.26 bits per heavy atom. The molecule has 1 aliphatic rings. The van der Waals surface area contributed by atoms with Crippen molar-refractivity contribution in [3.63, 3.8) is 0 Å². The van der Waals surface area contributed by atoms with E-state index in [9.17, 15) is 38.1 Å². The number of aromatic amines is 1. The lowest BCUT2D eigenvalue weighted by molar-refractivity contribution is -0.339. The largest absolute Gasteiger partial charge is 0.790 e. The summed E-state index contributed by atoms with van der Waals surface area (Å²) in [6.45, 7) is 2.65. The lowest BCUT2D eigenvalue weighted by Crippen LogP contribution is -2.30. The number of hydrogen-bond acceptors (Lipinski definition) is 16. The number of nitrogens with zero attached hydrogens (tertiary/aromatic N) is 3. The molecule has 0 aromatic carbocycles. The molecule has 0 aliphatic carbocycles. The van der Waals surface area contributed by atoms with Gasteiger partial charge in [0.05, 0.1) is 33.5 Å². The van der Waals surface area contributed by atoms with Gasteiger partial charge in [0.25, 0.3) is 21.2 Å². The van der Waals surface area contributed by atoms with E-state index >= 15 is 0 Å². The molecule has 0 saturated carbocycles. The minimum Gasteiger partial charge on any atom is -0.790 e. The second-order valence-corrected chi connectivity index (χ2v) is 10.8. The van der Waals surface area contributed by atoms with E-state index in [1.54, 1.807) is 0 Å². The molecule has 1 saturated heterocycles. The Morgan fingerprint density at radius 3 is 2.62 bits per heavy atom. The van der Waals surface area contributed by atoms with E-state index in [2.05, 4.69) is 34.7 Å². The third-order valence-corrected chi connectivity index (χ3v) is 7.83. The fourth-order valence-corrected chi connectivity index (χ4v) is 5.86. The average molecular weight is 543 g/mol. The van der Waals surface area contributed by atoms with Gasteiger partial charge in [0.2, 0.25) is 5.95 Å². The van der Waals surface area contributed by atoms with E-state index in [-0.39, 0.29) is 30.1 Å². The quantitative estimate of drug-likeness (QED) is 0.217. The first-order valence-electron chi connectivity index (χ1n) is 9.01. The molecule has 0 spiro atoms. The van der Waals surface area contributed by atoms with Crippen LogP contribution < -0.4 is 30.9 Å². The molecule has 18 nitrogen and oxygen atoms in total. The standard InChI is InChI=1S/C13H20N5O13P3/c1-2-3-27-7-4-9(18-6-15-10-11(18)16-13(14)17-12(10)19)29-8(7)5-28-33(23,24)31-34(25,26)30-32(20,21)22/h2,6-9H,1,3-5H2,(H,23,24)(H,25,26)(H2,20,21,22)(H3,14,16,17,19)/p-4/t7-,8-,9-/m1/s1.